The van der Waals surface area contributed by atoms with Crippen LogP contribution in [-0.2, 0) is 19.2 Å². The van der Waals surface area contributed by atoms with Crippen molar-refractivity contribution in [2.75, 3.05) is 13.1 Å². The van der Waals surface area contributed by atoms with Gasteiger partial charge < -0.3 is 26.4 Å². The maximum atomic E-state index is 12.2. The van der Waals surface area contributed by atoms with Crippen LogP contribution in [0.4, 0.5) is 0 Å². The molecular weight excluding hydrogens is 316 g/mol. The molecule has 136 valence electrons. The van der Waals surface area contributed by atoms with Crippen molar-refractivity contribution in [2.45, 2.75) is 51.7 Å². The maximum Gasteiger partial charge on any atom is 0.326 e. The van der Waals surface area contributed by atoms with Crippen LogP contribution in [0.2, 0.25) is 0 Å². The fourth-order valence-electron chi connectivity index (χ4n) is 2.59. The predicted octanol–water partition coefficient (Wildman–Crippen LogP) is -1.33. The molecule has 0 bridgehead atoms. The van der Waals surface area contributed by atoms with Crippen LogP contribution in [0.15, 0.2) is 0 Å². The van der Waals surface area contributed by atoms with Crippen molar-refractivity contribution < 1.29 is 24.3 Å². The fourth-order valence-corrected chi connectivity index (χ4v) is 2.59. The second-order valence-electron chi connectivity index (χ2n) is 6.32. The lowest BCUT2D eigenvalue weighted by Crippen LogP contribution is -2.53. The van der Waals surface area contributed by atoms with E-state index in [9.17, 15) is 19.2 Å². The molecule has 1 aliphatic rings. The zero-order chi connectivity index (χ0) is 18.4. The Kier molecular flexibility index (Phi) is 7.15. The number of nitrogens with two attached hydrogens (primary N) is 1. The maximum absolute atomic E-state index is 12.2. The third-order valence-corrected chi connectivity index (χ3v) is 3.90. The van der Waals surface area contributed by atoms with Crippen LogP contribution in [0.5, 0.6) is 0 Å². The molecule has 0 aromatic heterocycles. The second-order valence-corrected chi connectivity index (χ2v) is 6.32. The van der Waals surface area contributed by atoms with Crippen LogP contribution in [-0.4, -0.2) is 64.9 Å². The van der Waals surface area contributed by atoms with Gasteiger partial charge in [0.05, 0.1) is 12.6 Å². The van der Waals surface area contributed by atoms with E-state index in [-0.39, 0.29) is 18.4 Å². The van der Waals surface area contributed by atoms with Crippen LogP contribution in [0.3, 0.4) is 0 Å². The van der Waals surface area contributed by atoms with Crippen molar-refractivity contribution in [2.24, 2.45) is 11.7 Å². The lowest BCUT2D eigenvalue weighted by atomic mass is 10.1. The average Bonchev–Trinajstić information content (AvgIpc) is 2.98. The van der Waals surface area contributed by atoms with Crippen LogP contribution in [0.1, 0.15) is 33.6 Å². The van der Waals surface area contributed by atoms with Gasteiger partial charge in [0.15, 0.2) is 0 Å². The molecule has 9 heteroatoms. The van der Waals surface area contributed by atoms with Gasteiger partial charge in [-0.15, -0.1) is 0 Å². The first kappa shape index (κ1) is 19.9. The first-order valence-corrected chi connectivity index (χ1v) is 8.01. The molecule has 1 heterocycles. The van der Waals surface area contributed by atoms with E-state index in [1.54, 1.807) is 20.8 Å². The van der Waals surface area contributed by atoms with Gasteiger partial charge in [-0.25, -0.2) is 4.79 Å². The topological polar surface area (TPSA) is 142 Å². The number of nitrogens with one attached hydrogen (secondary N) is 2. The molecule has 0 aromatic rings. The summed E-state index contributed by atoms with van der Waals surface area (Å²) in [4.78, 5) is 48.5. The first-order chi connectivity index (χ1) is 11.1. The van der Waals surface area contributed by atoms with Crippen molar-refractivity contribution in [3.05, 3.63) is 0 Å². The van der Waals surface area contributed by atoms with Gasteiger partial charge >= 0.3 is 5.97 Å². The van der Waals surface area contributed by atoms with Gasteiger partial charge in [0, 0.05) is 6.54 Å². The molecule has 3 atom stereocenters. The number of amides is 3. The Morgan fingerprint density at radius 2 is 1.88 bits per heavy atom. The van der Waals surface area contributed by atoms with Crippen molar-refractivity contribution in [3.8, 4) is 0 Å². The lowest BCUT2D eigenvalue weighted by Gasteiger charge is -2.25. The van der Waals surface area contributed by atoms with Gasteiger partial charge in [-0.2, -0.15) is 0 Å². The van der Waals surface area contributed by atoms with E-state index in [1.807, 2.05) is 0 Å². The normalized spacial score (nSPS) is 19.7. The largest absolute Gasteiger partial charge is 0.480 e. The van der Waals surface area contributed by atoms with Gasteiger partial charge in [-0.1, -0.05) is 13.8 Å². The highest BCUT2D eigenvalue weighted by atomic mass is 16.4. The van der Waals surface area contributed by atoms with Crippen molar-refractivity contribution in [1.29, 1.82) is 0 Å². The molecule has 1 rings (SSSR count). The zero-order valence-electron chi connectivity index (χ0n) is 14.2. The Morgan fingerprint density at radius 3 is 2.38 bits per heavy atom. The molecule has 9 nitrogen and oxygen atoms in total. The van der Waals surface area contributed by atoms with E-state index in [0.717, 1.165) is 0 Å². The van der Waals surface area contributed by atoms with Gasteiger partial charge in [-0.3, -0.25) is 14.4 Å². The lowest BCUT2D eigenvalue weighted by molar-refractivity contribution is -0.143. The molecule has 1 aliphatic heterocycles. The number of rotatable bonds is 7. The number of carbonyl (C=O) groups is 4. The van der Waals surface area contributed by atoms with Crippen LogP contribution in [0.25, 0.3) is 0 Å². The van der Waals surface area contributed by atoms with Crippen molar-refractivity contribution in [1.82, 2.24) is 15.5 Å². The quantitative estimate of drug-likeness (QED) is 0.451. The average molecular weight is 342 g/mol. The van der Waals surface area contributed by atoms with E-state index in [1.165, 1.54) is 4.90 Å². The van der Waals surface area contributed by atoms with Crippen molar-refractivity contribution in [3.63, 3.8) is 0 Å². The van der Waals surface area contributed by atoms with Gasteiger partial charge in [0.1, 0.15) is 12.1 Å². The Bertz CT molecular complexity index is 506. The van der Waals surface area contributed by atoms with Crippen LogP contribution >= 0.6 is 0 Å². The summed E-state index contributed by atoms with van der Waals surface area (Å²) >= 11 is 0. The SMILES string of the molecule is CC(N)C(=O)N1CCCC1C(=O)NCC(=O)NC(C(=O)O)C(C)C. The third kappa shape index (κ3) is 5.19. The minimum Gasteiger partial charge on any atom is -0.480 e. The van der Waals surface area contributed by atoms with E-state index >= 15 is 0 Å². The Labute approximate surface area is 140 Å². The minimum atomic E-state index is -1.13. The predicted molar refractivity (Wildman–Crippen MR) is 85.8 cm³/mol. The number of aliphatic carboxylic acids is 1. The van der Waals surface area contributed by atoms with Gasteiger partial charge in [0.2, 0.25) is 17.7 Å². The summed E-state index contributed by atoms with van der Waals surface area (Å²) in [5.41, 5.74) is 5.57. The summed E-state index contributed by atoms with van der Waals surface area (Å²) in [6.07, 6.45) is 1.20. The van der Waals surface area contributed by atoms with E-state index in [4.69, 9.17) is 10.8 Å². The standard InChI is InChI=1S/C15H26N4O5/c1-8(2)12(15(23)24)18-11(20)7-17-13(21)10-5-4-6-19(10)14(22)9(3)16/h8-10,12H,4-7,16H2,1-3H3,(H,17,21)(H,18,20)(H,23,24). The molecule has 0 saturated carbocycles. The third-order valence-electron chi connectivity index (χ3n) is 3.90. The summed E-state index contributed by atoms with van der Waals surface area (Å²) in [5.74, 6) is -2.74. The monoisotopic (exact) mass is 342 g/mol. The summed E-state index contributed by atoms with van der Waals surface area (Å²) in [6.45, 7) is 5.02. The van der Waals surface area contributed by atoms with E-state index < -0.39 is 35.9 Å². The fraction of sp³-hybridized carbons (Fsp3) is 0.733. The molecule has 3 unspecified atom stereocenters. The van der Waals surface area contributed by atoms with Crippen molar-refractivity contribution >= 4 is 23.7 Å². The Hall–Kier alpha value is -2.16. The summed E-state index contributed by atoms with van der Waals surface area (Å²) in [6, 6.07) is -2.35. The highest BCUT2D eigenvalue weighted by molar-refractivity contribution is 5.92. The minimum absolute atomic E-state index is 0.281. The zero-order valence-corrected chi connectivity index (χ0v) is 14.2. The summed E-state index contributed by atoms with van der Waals surface area (Å²) in [7, 11) is 0. The number of hydrogen-bond acceptors (Lipinski definition) is 5. The summed E-state index contributed by atoms with van der Waals surface area (Å²) < 4.78 is 0. The number of hydrogen-bond donors (Lipinski definition) is 4. The molecule has 5 N–H and O–H groups in total. The Balaban J connectivity index is 2.54. The first-order valence-electron chi connectivity index (χ1n) is 8.01. The Morgan fingerprint density at radius 1 is 1.25 bits per heavy atom. The highest BCUT2D eigenvalue weighted by Gasteiger charge is 2.35. The molecule has 1 saturated heterocycles. The number of carbonyl (C=O) groups excluding carboxylic acids is 3. The highest BCUT2D eigenvalue weighted by Crippen LogP contribution is 2.18. The van der Waals surface area contributed by atoms with E-state index in [0.29, 0.717) is 19.4 Å². The number of carboxylic acids is 1. The molecule has 3 amide bonds. The molecule has 24 heavy (non-hydrogen) atoms. The molecule has 1 fully saturated rings. The molecule has 0 spiro atoms. The molecule has 0 aromatic carbocycles. The summed E-state index contributed by atoms with van der Waals surface area (Å²) in [5, 5.41) is 13.8. The van der Waals surface area contributed by atoms with Crippen LogP contribution in [0, 0.1) is 5.92 Å². The van der Waals surface area contributed by atoms with Crippen LogP contribution < -0.4 is 16.4 Å². The molecular formula is C15H26N4O5. The van der Waals surface area contributed by atoms with E-state index in [2.05, 4.69) is 10.6 Å². The number of carboxylic acid groups (broad SMARTS) is 1. The van der Waals surface area contributed by atoms with Gasteiger partial charge in [-0.05, 0) is 25.7 Å². The number of likely N-dealkylation sites (tertiary alicyclic amines) is 1. The second kappa shape index (κ2) is 8.62. The van der Waals surface area contributed by atoms with Gasteiger partial charge in [0.25, 0.3) is 0 Å². The smallest absolute Gasteiger partial charge is 0.326 e. The molecule has 0 aliphatic carbocycles. The molecule has 0 radical (unpaired) electrons. The number of nitrogens with zero attached hydrogens (tertiary/aromatic N) is 1.